The molecule has 0 aliphatic heterocycles. The summed E-state index contributed by atoms with van der Waals surface area (Å²) in [7, 11) is 0. The van der Waals surface area contributed by atoms with Gasteiger partial charge in [0.1, 0.15) is 0 Å². The van der Waals surface area contributed by atoms with Gasteiger partial charge in [-0.3, -0.25) is 24.5 Å². The fourth-order valence-electron chi connectivity index (χ4n) is 2.68. The molecule has 0 saturated heterocycles. The first kappa shape index (κ1) is 19.7. The van der Waals surface area contributed by atoms with Gasteiger partial charge in [-0.15, -0.1) is 0 Å². The Morgan fingerprint density at radius 1 is 1.21 bits per heavy atom. The maximum atomic E-state index is 12.1. The Morgan fingerprint density at radius 2 is 1.93 bits per heavy atom. The molecule has 148 valence electrons. The van der Waals surface area contributed by atoms with Crippen molar-refractivity contribution in [2.75, 3.05) is 11.9 Å². The molecule has 2 N–H and O–H groups in total. The summed E-state index contributed by atoms with van der Waals surface area (Å²) < 4.78 is 4.96. The monoisotopic (exact) mass is 396 g/mol. The van der Waals surface area contributed by atoms with Gasteiger partial charge in [0, 0.05) is 17.5 Å². The summed E-state index contributed by atoms with van der Waals surface area (Å²) in [6.07, 6.45) is -0.236. The van der Waals surface area contributed by atoms with Crippen LogP contribution in [0.1, 0.15) is 11.3 Å². The van der Waals surface area contributed by atoms with Gasteiger partial charge in [0.2, 0.25) is 0 Å². The summed E-state index contributed by atoms with van der Waals surface area (Å²) in [4.78, 5) is 46.2. The molecule has 0 fully saturated rings. The number of nitro benzene ring substituents is 1. The second-order valence-electron chi connectivity index (χ2n) is 6.19. The number of benzene rings is 2. The lowest BCUT2D eigenvalue weighted by molar-refractivity contribution is -0.384. The van der Waals surface area contributed by atoms with Gasteiger partial charge in [-0.1, -0.05) is 24.3 Å². The molecule has 0 unspecified atom stereocenters. The minimum Gasteiger partial charge on any atom is -0.455 e. The lowest BCUT2D eigenvalue weighted by Crippen LogP contribution is -2.22. The number of nitrogens with zero attached hydrogens (tertiary/aromatic N) is 2. The Labute approximate surface area is 163 Å². The topological polar surface area (TPSA) is 144 Å². The first-order valence-corrected chi connectivity index (χ1v) is 8.52. The smallest absolute Gasteiger partial charge is 0.312 e. The van der Waals surface area contributed by atoms with E-state index in [-0.39, 0.29) is 23.4 Å². The Kier molecular flexibility index (Phi) is 5.63. The molecule has 10 nitrogen and oxygen atoms in total. The molecule has 10 heteroatoms. The number of carbonyl (C=O) groups is 2. The Morgan fingerprint density at radius 3 is 2.66 bits per heavy atom. The van der Waals surface area contributed by atoms with Gasteiger partial charge in [-0.05, 0) is 18.6 Å². The highest BCUT2D eigenvalue weighted by atomic mass is 16.6. The number of nitro groups is 1. The number of rotatable bonds is 6. The average molecular weight is 396 g/mol. The van der Waals surface area contributed by atoms with E-state index in [2.05, 4.69) is 15.5 Å². The SMILES string of the molecule is Cc1ccc([N+](=O)[O-])cc1NC(=O)COC(=O)Cc1n[nH]c(=O)c2ccccc12. The summed E-state index contributed by atoms with van der Waals surface area (Å²) >= 11 is 0. The van der Waals surface area contributed by atoms with Crippen LogP contribution >= 0.6 is 0 Å². The summed E-state index contributed by atoms with van der Waals surface area (Å²) in [5.74, 6) is -1.35. The van der Waals surface area contributed by atoms with Crippen molar-refractivity contribution in [3.8, 4) is 0 Å². The van der Waals surface area contributed by atoms with Crippen molar-refractivity contribution in [2.24, 2.45) is 0 Å². The zero-order valence-electron chi connectivity index (χ0n) is 15.3. The number of nitrogens with one attached hydrogen (secondary N) is 2. The van der Waals surface area contributed by atoms with Crippen molar-refractivity contribution in [3.05, 3.63) is 74.2 Å². The molecule has 3 rings (SSSR count). The normalized spacial score (nSPS) is 10.5. The first-order valence-electron chi connectivity index (χ1n) is 8.52. The number of aromatic amines is 1. The van der Waals surface area contributed by atoms with Gasteiger partial charge in [0.15, 0.2) is 6.61 Å². The molecule has 0 saturated carbocycles. The van der Waals surface area contributed by atoms with Crippen molar-refractivity contribution < 1.29 is 19.2 Å². The fourth-order valence-corrected chi connectivity index (χ4v) is 2.68. The molecule has 3 aromatic rings. The maximum absolute atomic E-state index is 12.1. The summed E-state index contributed by atoms with van der Waals surface area (Å²) in [6.45, 7) is 1.11. The Hall–Kier alpha value is -4.08. The third-order valence-corrected chi connectivity index (χ3v) is 4.16. The molecule has 0 atom stereocenters. The van der Waals surface area contributed by atoms with Crippen molar-refractivity contribution >= 4 is 34.0 Å². The van der Waals surface area contributed by atoms with Crippen LogP contribution in [-0.2, 0) is 20.7 Å². The predicted octanol–water partition coefficient (Wildman–Crippen LogP) is 1.86. The van der Waals surface area contributed by atoms with Crippen LogP contribution in [0.25, 0.3) is 10.8 Å². The minimum atomic E-state index is -0.708. The van der Waals surface area contributed by atoms with E-state index in [0.717, 1.165) is 0 Å². The number of H-pyrrole nitrogens is 1. The van der Waals surface area contributed by atoms with Gasteiger partial charge in [0.05, 0.1) is 28.1 Å². The number of fused-ring (bicyclic) bond motifs is 1. The van der Waals surface area contributed by atoms with Crippen molar-refractivity contribution in [1.82, 2.24) is 10.2 Å². The van der Waals surface area contributed by atoms with E-state index in [9.17, 15) is 24.5 Å². The number of aryl methyl sites for hydroxylation is 1. The molecule has 0 aliphatic carbocycles. The zero-order valence-corrected chi connectivity index (χ0v) is 15.3. The highest BCUT2D eigenvalue weighted by Crippen LogP contribution is 2.21. The van der Waals surface area contributed by atoms with E-state index in [0.29, 0.717) is 22.0 Å². The van der Waals surface area contributed by atoms with Crippen LogP contribution in [0.4, 0.5) is 11.4 Å². The zero-order chi connectivity index (χ0) is 21.0. The van der Waals surface area contributed by atoms with E-state index < -0.39 is 23.4 Å². The standard InChI is InChI=1S/C19H16N4O6/c1-11-6-7-12(23(27)28)8-15(11)20-17(24)10-29-18(25)9-16-13-4-2-3-5-14(13)19(26)22-21-16/h2-8H,9-10H2,1H3,(H,20,24)(H,22,26). The van der Waals surface area contributed by atoms with E-state index in [1.807, 2.05) is 0 Å². The number of ether oxygens (including phenoxy) is 1. The van der Waals surface area contributed by atoms with Gasteiger partial charge >= 0.3 is 5.97 Å². The average Bonchev–Trinajstić information content (AvgIpc) is 2.70. The largest absolute Gasteiger partial charge is 0.455 e. The molecule has 0 spiro atoms. The molecule has 29 heavy (non-hydrogen) atoms. The lowest BCUT2D eigenvalue weighted by atomic mass is 10.1. The highest BCUT2D eigenvalue weighted by molar-refractivity contribution is 5.94. The molecule has 0 radical (unpaired) electrons. The third-order valence-electron chi connectivity index (χ3n) is 4.16. The quantitative estimate of drug-likeness (QED) is 0.367. The van der Waals surface area contributed by atoms with Gasteiger partial charge in [-0.2, -0.15) is 5.10 Å². The molecular formula is C19H16N4O6. The van der Waals surface area contributed by atoms with Crippen LogP contribution in [-0.4, -0.2) is 33.6 Å². The minimum absolute atomic E-state index is 0.168. The summed E-state index contributed by atoms with van der Waals surface area (Å²) in [6, 6.07) is 10.7. The van der Waals surface area contributed by atoms with Crippen LogP contribution < -0.4 is 10.9 Å². The van der Waals surface area contributed by atoms with Gasteiger partial charge < -0.3 is 10.1 Å². The van der Waals surface area contributed by atoms with E-state index >= 15 is 0 Å². The van der Waals surface area contributed by atoms with Crippen LogP contribution in [0.3, 0.4) is 0 Å². The van der Waals surface area contributed by atoms with E-state index in [1.165, 1.54) is 18.2 Å². The maximum Gasteiger partial charge on any atom is 0.312 e. The van der Waals surface area contributed by atoms with Crippen molar-refractivity contribution in [3.63, 3.8) is 0 Å². The number of amides is 1. The van der Waals surface area contributed by atoms with Crippen LogP contribution in [0, 0.1) is 17.0 Å². The van der Waals surface area contributed by atoms with Crippen LogP contribution in [0.2, 0.25) is 0 Å². The number of esters is 1. The number of non-ortho nitro benzene ring substituents is 1. The van der Waals surface area contributed by atoms with E-state index in [4.69, 9.17) is 4.74 Å². The third kappa shape index (κ3) is 4.61. The molecular weight excluding hydrogens is 380 g/mol. The molecule has 0 bridgehead atoms. The number of anilines is 1. The van der Waals surface area contributed by atoms with Crippen LogP contribution in [0.5, 0.6) is 0 Å². The molecule has 2 aromatic carbocycles. The molecule has 1 amide bonds. The van der Waals surface area contributed by atoms with Crippen molar-refractivity contribution in [1.29, 1.82) is 0 Å². The van der Waals surface area contributed by atoms with Gasteiger partial charge in [0.25, 0.3) is 17.2 Å². The number of hydrogen-bond donors (Lipinski definition) is 2. The predicted molar refractivity (Wildman–Crippen MR) is 103 cm³/mol. The van der Waals surface area contributed by atoms with Gasteiger partial charge in [-0.25, -0.2) is 5.10 Å². The fraction of sp³-hybridized carbons (Fsp3) is 0.158. The van der Waals surface area contributed by atoms with Crippen LogP contribution in [0.15, 0.2) is 47.3 Å². The second kappa shape index (κ2) is 8.30. The summed E-state index contributed by atoms with van der Waals surface area (Å²) in [5, 5.41) is 20.4. The molecule has 1 heterocycles. The second-order valence-corrected chi connectivity index (χ2v) is 6.19. The summed E-state index contributed by atoms with van der Waals surface area (Å²) in [5.41, 5.74) is 0.663. The molecule has 1 aromatic heterocycles. The Bertz CT molecular complexity index is 1170. The Balaban J connectivity index is 1.62. The van der Waals surface area contributed by atoms with E-state index in [1.54, 1.807) is 31.2 Å². The number of carbonyl (C=O) groups excluding carboxylic acids is 2. The van der Waals surface area contributed by atoms with Crippen molar-refractivity contribution in [2.45, 2.75) is 13.3 Å². The number of hydrogen-bond acceptors (Lipinski definition) is 7. The molecule has 0 aliphatic rings. The lowest BCUT2D eigenvalue weighted by Gasteiger charge is -2.09. The first-order chi connectivity index (χ1) is 13.8. The number of aromatic nitrogens is 2. The highest BCUT2D eigenvalue weighted by Gasteiger charge is 2.15.